The van der Waals surface area contributed by atoms with E-state index < -0.39 is 0 Å². The van der Waals surface area contributed by atoms with Gasteiger partial charge in [0.25, 0.3) is 0 Å². The van der Waals surface area contributed by atoms with Crippen LogP contribution in [-0.2, 0) is 11.5 Å². The van der Waals surface area contributed by atoms with Gasteiger partial charge in [0.05, 0.1) is 16.9 Å². The molecule has 0 atom stereocenters. The van der Waals surface area contributed by atoms with Crippen LogP contribution in [0.4, 0.5) is 11.4 Å². The number of aromatic hydroxyl groups is 1. The van der Waals surface area contributed by atoms with E-state index in [1.165, 1.54) is 11.3 Å². The van der Waals surface area contributed by atoms with Gasteiger partial charge in [0.2, 0.25) is 0 Å². The fraction of sp³-hybridized carbons (Fsp3) is 0.118. The first-order chi connectivity index (χ1) is 10.3. The highest BCUT2D eigenvalue weighted by Gasteiger charge is 2.19. The second kappa shape index (κ2) is 4.97. The van der Waals surface area contributed by atoms with Gasteiger partial charge in [-0.15, -0.1) is 0 Å². The molecule has 1 aliphatic rings. The number of hydrogen-bond acceptors (Lipinski definition) is 4. The molecule has 21 heavy (non-hydrogen) atoms. The average Bonchev–Trinajstić information content (AvgIpc) is 2.97. The van der Waals surface area contributed by atoms with Crippen LogP contribution >= 0.6 is 11.8 Å². The van der Waals surface area contributed by atoms with Crippen molar-refractivity contribution in [3.8, 4) is 5.75 Å². The van der Waals surface area contributed by atoms with Crippen LogP contribution in [0.2, 0.25) is 0 Å². The minimum absolute atomic E-state index is 0.279. The molecule has 2 heterocycles. The Bertz CT molecular complexity index is 815. The number of rotatable bonds is 2. The summed E-state index contributed by atoms with van der Waals surface area (Å²) in [6.45, 7) is 0. The lowest BCUT2D eigenvalue weighted by molar-refractivity contribution is 0.475. The summed E-state index contributed by atoms with van der Waals surface area (Å²) in [5.41, 5.74) is 5.63. The molecule has 3 nitrogen and oxygen atoms in total. The Morgan fingerprint density at radius 3 is 2.67 bits per heavy atom. The van der Waals surface area contributed by atoms with E-state index in [0.29, 0.717) is 0 Å². The van der Waals surface area contributed by atoms with Crippen molar-refractivity contribution in [3.63, 3.8) is 0 Å². The molecule has 1 aliphatic heterocycles. The maximum Gasteiger partial charge on any atom is 0.115 e. The van der Waals surface area contributed by atoms with Crippen molar-refractivity contribution in [1.29, 1.82) is 0 Å². The van der Waals surface area contributed by atoms with Crippen LogP contribution in [0.25, 0.3) is 10.9 Å². The predicted molar refractivity (Wildman–Crippen MR) is 88.1 cm³/mol. The number of pyridine rings is 1. The van der Waals surface area contributed by atoms with Gasteiger partial charge >= 0.3 is 0 Å². The fourth-order valence-electron chi connectivity index (χ4n) is 2.66. The Balaban J connectivity index is 1.88. The smallest absolute Gasteiger partial charge is 0.115 e. The number of phenolic OH excluding ortho intramolecular Hbond substituents is 1. The topological polar surface area (TPSA) is 45.1 Å². The first-order valence-corrected chi connectivity index (χ1v) is 8.01. The number of nitrogens with one attached hydrogen (secondary N) is 1. The summed E-state index contributed by atoms with van der Waals surface area (Å²) in [5, 5.41) is 14.1. The van der Waals surface area contributed by atoms with Gasteiger partial charge in [0.1, 0.15) is 5.75 Å². The molecular weight excluding hydrogens is 280 g/mol. The maximum absolute atomic E-state index is 9.41. The van der Waals surface area contributed by atoms with Crippen molar-refractivity contribution in [1.82, 2.24) is 4.98 Å². The standard InChI is InChI=1S/C17H14N2OS/c20-12-7-5-11(6-8-12)18-17-13-3-1-2-4-15(13)19-16-10-21-9-14(16)17/h1-8,20H,9-10H2,(H,18,19). The lowest BCUT2D eigenvalue weighted by Crippen LogP contribution is -1.99. The molecule has 0 saturated carbocycles. The van der Waals surface area contributed by atoms with E-state index in [1.54, 1.807) is 12.1 Å². The number of anilines is 2. The first-order valence-electron chi connectivity index (χ1n) is 6.85. The number of aromatic nitrogens is 1. The van der Waals surface area contributed by atoms with Gasteiger partial charge in [-0.25, -0.2) is 0 Å². The second-order valence-corrected chi connectivity index (χ2v) is 6.08. The van der Waals surface area contributed by atoms with E-state index in [-0.39, 0.29) is 5.75 Å². The fourth-order valence-corrected chi connectivity index (χ4v) is 3.71. The lowest BCUT2D eigenvalue weighted by atomic mass is 10.1. The van der Waals surface area contributed by atoms with E-state index in [9.17, 15) is 5.11 Å². The molecule has 0 saturated heterocycles. The van der Waals surface area contributed by atoms with Gasteiger partial charge in [0, 0.05) is 28.1 Å². The number of phenols is 1. The molecule has 0 aliphatic carbocycles. The summed E-state index contributed by atoms with van der Waals surface area (Å²) in [6.07, 6.45) is 0. The molecule has 2 N–H and O–H groups in total. The Kier molecular flexibility index (Phi) is 2.97. The Morgan fingerprint density at radius 1 is 1.00 bits per heavy atom. The number of para-hydroxylation sites is 1. The Morgan fingerprint density at radius 2 is 1.81 bits per heavy atom. The molecule has 2 aromatic carbocycles. The number of thioether (sulfide) groups is 1. The molecule has 1 aromatic heterocycles. The third-order valence-corrected chi connectivity index (χ3v) is 4.67. The highest BCUT2D eigenvalue weighted by Crippen LogP contribution is 2.39. The van der Waals surface area contributed by atoms with Crippen LogP contribution in [0.5, 0.6) is 5.75 Å². The number of hydrogen-bond donors (Lipinski definition) is 2. The van der Waals surface area contributed by atoms with E-state index in [0.717, 1.165) is 33.8 Å². The van der Waals surface area contributed by atoms with Crippen molar-refractivity contribution in [2.24, 2.45) is 0 Å². The molecule has 0 fully saturated rings. The van der Waals surface area contributed by atoms with E-state index in [4.69, 9.17) is 4.98 Å². The average molecular weight is 294 g/mol. The van der Waals surface area contributed by atoms with Gasteiger partial charge in [0.15, 0.2) is 0 Å². The highest BCUT2D eigenvalue weighted by molar-refractivity contribution is 7.98. The highest BCUT2D eigenvalue weighted by atomic mass is 32.2. The summed E-state index contributed by atoms with van der Waals surface area (Å²) < 4.78 is 0. The van der Waals surface area contributed by atoms with Crippen LogP contribution in [-0.4, -0.2) is 10.1 Å². The molecule has 0 unspecified atom stereocenters. The van der Waals surface area contributed by atoms with Crippen LogP contribution in [0.15, 0.2) is 48.5 Å². The van der Waals surface area contributed by atoms with Gasteiger partial charge in [-0.2, -0.15) is 11.8 Å². The van der Waals surface area contributed by atoms with Gasteiger partial charge < -0.3 is 10.4 Å². The summed E-state index contributed by atoms with van der Waals surface area (Å²) in [6, 6.07) is 15.4. The van der Waals surface area contributed by atoms with Crippen molar-refractivity contribution in [3.05, 3.63) is 59.8 Å². The SMILES string of the molecule is Oc1ccc(Nc2c3c(nc4ccccc24)CSC3)cc1. The summed E-state index contributed by atoms with van der Waals surface area (Å²) >= 11 is 1.90. The molecule has 0 amide bonds. The van der Waals surface area contributed by atoms with Crippen LogP contribution < -0.4 is 5.32 Å². The minimum Gasteiger partial charge on any atom is -0.508 e. The normalized spacial score (nSPS) is 13.3. The number of benzene rings is 2. The van der Waals surface area contributed by atoms with Crippen molar-refractivity contribution in [2.75, 3.05) is 5.32 Å². The largest absolute Gasteiger partial charge is 0.508 e. The third kappa shape index (κ3) is 2.21. The van der Waals surface area contributed by atoms with Crippen LogP contribution in [0.3, 0.4) is 0 Å². The predicted octanol–water partition coefficient (Wildman–Crippen LogP) is 4.43. The van der Waals surface area contributed by atoms with Gasteiger partial charge in [-0.05, 0) is 30.3 Å². The van der Waals surface area contributed by atoms with Crippen LogP contribution in [0, 0.1) is 0 Å². The Labute approximate surface area is 127 Å². The van der Waals surface area contributed by atoms with Gasteiger partial charge in [-0.3, -0.25) is 4.98 Å². The summed E-state index contributed by atoms with van der Waals surface area (Å²) in [7, 11) is 0. The van der Waals surface area contributed by atoms with Crippen molar-refractivity contribution < 1.29 is 5.11 Å². The monoisotopic (exact) mass is 294 g/mol. The molecule has 0 spiro atoms. The molecule has 3 aromatic rings. The van der Waals surface area contributed by atoms with E-state index in [2.05, 4.69) is 17.4 Å². The second-order valence-electron chi connectivity index (χ2n) is 5.09. The zero-order valence-electron chi connectivity index (χ0n) is 11.3. The molecule has 104 valence electrons. The van der Waals surface area contributed by atoms with E-state index >= 15 is 0 Å². The molecular formula is C17H14N2OS. The molecule has 4 rings (SSSR count). The minimum atomic E-state index is 0.279. The third-order valence-electron chi connectivity index (χ3n) is 3.70. The Hall–Kier alpha value is -2.20. The zero-order valence-corrected chi connectivity index (χ0v) is 12.2. The quantitative estimate of drug-likeness (QED) is 0.686. The zero-order chi connectivity index (χ0) is 14.2. The lowest BCUT2D eigenvalue weighted by Gasteiger charge is -2.14. The van der Waals surface area contributed by atoms with E-state index in [1.807, 2.05) is 36.0 Å². The number of fused-ring (bicyclic) bond motifs is 2. The van der Waals surface area contributed by atoms with Crippen molar-refractivity contribution >= 4 is 34.0 Å². The van der Waals surface area contributed by atoms with Crippen molar-refractivity contribution in [2.45, 2.75) is 11.5 Å². The van der Waals surface area contributed by atoms with Crippen LogP contribution in [0.1, 0.15) is 11.3 Å². The number of nitrogens with zero attached hydrogens (tertiary/aromatic N) is 1. The summed E-state index contributed by atoms with van der Waals surface area (Å²) in [4.78, 5) is 4.77. The molecule has 4 heteroatoms. The maximum atomic E-state index is 9.41. The molecule has 0 radical (unpaired) electrons. The summed E-state index contributed by atoms with van der Waals surface area (Å²) in [5.74, 6) is 2.25. The first kappa shape index (κ1) is 12.5. The molecule has 0 bridgehead atoms. The van der Waals surface area contributed by atoms with Gasteiger partial charge in [-0.1, -0.05) is 18.2 Å².